The highest BCUT2D eigenvalue weighted by Gasteiger charge is 2.16. The number of hydrogen-bond acceptors (Lipinski definition) is 4. The molecule has 2 N–H and O–H groups in total. The summed E-state index contributed by atoms with van der Waals surface area (Å²) >= 11 is 0. The first-order valence-corrected chi connectivity index (χ1v) is 5.08. The number of nitrogens with one attached hydrogen (secondary N) is 2. The first kappa shape index (κ1) is 14.2. The molecule has 0 aromatic rings. The van der Waals surface area contributed by atoms with Crippen LogP contribution in [0.25, 0.3) is 0 Å². The van der Waals surface area contributed by atoms with Gasteiger partial charge in [-0.05, 0) is 34.1 Å². The van der Waals surface area contributed by atoms with Gasteiger partial charge in [-0.1, -0.05) is 0 Å². The summed E-state index contributed by atoms with van der Waals surface area (Å²) in [5.41, 5.74) is 4.85. The third-order valence-electron chi connectivity index (χ3n) is 1.57. The molecular formula is C10H22N2O3. The summed E-state index contributed by atoms with van der Waals surface area (Å²) in [5.74, 6) is 0. The molecule has 0 fully saturated rings. The number of carbonyl (C=O) groups excluding carboxylic acids is 1. The molecular weight excluding hydrogens is 196 g/mol. The first-order valence-electron chi connectivity index (χ1n) is 5.08. The van der Waals surface area contributed by atoms with Crippen LogP contribution < -0.4 is 10.9 Å². The Morgan fingerprint density at radius 1 is 1.40 bits per heavy atom. The Morgan fingerprint density at radius 3 is 2.47 bits per heavy atom. The predicted octanol–water partition coefficient (Wildman–Crippen LogP) is 1.44. The van der Waals surface area contributed by atoms with E-state index in [0.29, 0.717) is 6.61 Å². The zero-order valence-electron chi connectivity index (χ0n) is 10.2. The quantitative estimate of drug-likeness (QED) is 0.685. The number of amides is 1. The van der Waals surface area contributed by atoms with E-state index in [-0.39, 0.29) is 6.04 Å². The highest BCUT2D eigenvalue weighted by molar-refractivity contribution is 5.66. The van der Waals surface area contributed by atoms with Crippen molar-refractivity contribution < 1.29 is 14.3 Å². The molecule has 1 atom stereocenters. The molecule has 0 aromatic heterocycles. The van der Waals surface area contributed by atoms with E-state index in [0.717, 1.165) is 6.42 Å². The van der Waals surface area contributed by atoms with E-state index in [1.165, 1.54) is 0 Å². The van der Waals surface area contributed by atoms with Crippen LogP contribution in [0.2, 0.25) is 0 Å². The standard InChI is InChI=1S/C10H22N2O3/c1-8(6-7-14-5)11-12-9(13)15-10(2,3)4/h8,11H,6-7H2,1-5H3,(H,12,13). The second-order valence-electron chi connectivity index (χ2n) is 4.45. The van der Waals surface area contributed by atoms with E-state index in [2.05, 4.69) is 10.9 Å². The fourth-order valence-electron chi connectivity index (χ4n) is 0.853. The largest absolute Gasteiger partial charge is 0.443 e. The Bertz CT molecular complexity index is 190. The SMILES string of the molecule is COCCC(C)NNC(=O)OC(C)(C)C. The van der Waals surface area contributed by atoms with Crippen LogP contribution in [0.15, 0.2) is 0 Å². The van der Waals surface area contributed by atoms with Crippen LogP contribution in [0, 0.1) is 0 Å². The predicted molar refractivity (Wildman–Crippen MR) is 58.5 cm³/mol. The van der Waals surface area contributed by atoms with Crippen molar-refractivity contribution in [3.05, 3.63) is 0 Å². The second kappa shape index (κ2) is 6.63. The van der Waals surface area contributed by atoms with Crippen LogP contribution >= 0.6 is 0 Å². The van der Waals surface area contributed by atoms with Crippen LogP contribution in [0.3, 0.4) is 0 Å². The molecule has 0 bridgehead atoms. The van der Waals surface area contributed by atoms with Crippen molar-refractivity contribution in [3.63, 3.8) is 0 Å². The zero-order chi connectivity index (χ0) is 11.9. The Balaban J connectivity index is 3.62. The Morgan fingerprint density at radius 2 is 2.00 bits per heavy atom. The molecule has 1 unspecified atom stereocenters. The third kappa shape index (κ3) is 9.49. The van der Waals surface area contributed by atoms with E-state index in [9.17, 15) is 4.79 Å². The van der Waals surface area contributed by atoms with Crippen LogP contribution in [0.1, 0.15) is 34.1 Å². The molecule has 0 saturated heterocycles. The molecule has 0 aliphatic carbocycles. The number of ether oxygens (including phenoxy) is 2. The van der Waals surface area contributed by atoms with Gasteiger partial charge in [-0.3, -0.25) is 5.43 Å². The van der Waals surface area contributed by atoms with Gasteiger partial charge in [-0.15, -0.1) is 0 Å². The van der Waals surface area contributed by atoms with E-state index >= 15 is 0 Å². The van der Waals surface area contributed by atoms with Gasteiger partial charge in [-0.25, -0.2) is 10.2 Å². The second-order valence-corrected chi connectivity index (χ2v) is 4.45. The van der Waals surface area contributed by atoms with Gasteiger partial charge in [0.1, 0.15) is 5.60 Å². The number of methoxy groups -OCH3 is 1. The summed E-state index contributed by atoms with van der Waals surface area (Å²) in [5, 5.41) is 0. The molecule has 0 saturated carbocycles. The van der Waals surface area contributed by atoms with Crippen LogP contribution in [-0.2, 0) is 9.47 Å². The van der Waals surface area contributed by atoms with Crippen molar-refractivity contribution in [2.24, 2.45) is 0 Å². The van der Waals surface area contributed by atoms with Crippen molar-refractivity contribution in [1.29, 1.82) is 0 Å². The minimum atomic E-state index is -0.471. The summed E-state index contributed by atoms with van der Waals surface area (Å²) in [7, 11) is 1.65. The minimum Gasteiger partial charge on any atom is -0.443 e. The number of hydrogen-bond donors (Lipinski definition) is 2. The maximum Gasteiger partial charge on any atom is 0.422 e. The summed E-state index contributed by atoms with van der Waals surface area (Å²) in [4.78, 5) is 11.2. The van der Waals surface area contributed by atoms with Gasteiger partial charge in [0, 0.05) is 19.8 Å². The lowest BCUT2D eigenvalue weighted by Gasteiger charge is -2.21. The Kier molecular flexibility index (Phi) is 6.27. The highest BCUT2D eigenvalue weighted by atomic mass is 16.6. The third-order valence-corrected chi connectivity index (χ3v) is 1.57. The van der Waals surface area contributed by atoms with E-state index in [1.54, 1.807) is 7.11 Å². The van der Waals surface area contributed by atoms with Gasteiger partial charge in [0.25, 0.3) is 0 Å². The van der Waals surface area contributed by atoms with E-state index < -0.39 is 11.7 Å². The van der Waals surface area contributed by atoms with Gasteiger partial charge < -0.3 is 9.47 Å². The van der Waals surface area contributed by atoms with Crippen LogP contribution in [0.5, 0.6) is 0 Å². The fraction of sp³-hybridized carbons (Fsp3) is 0.900. The summed E-state index contributed by atoms with van der Waals surface area (Å²) in [6.45, 7) is 8.07. The van der Waals surface area contributed by atoms with Gasteiger partial charge in [0.15, 0.2) is 0 Å². The average Bonchev–Trinajstić information content (AvgIpc) is 2.08. The van der Waals surface area contributed by atoms with E-state index in [4.69, 9.17) is 9.47 Å². The summed E-state index contributed by atoms with van der Waals surface area (Å²) < 4.78 is 9.96. The lowest BCUT2D eigenvalue weighted by molar-refractivity contribution is 0.0484. The molecule has 0 aliphatic rings. The highest BCUT2D eigenvalue weighted by Crippen LogP contribution is 2.05. The van der Waals surface area contributed by atoms with Crippen LogP contribution in [0.4, 0.5) is 4.79 Å². The average molecular weight is 218 g/mol. The smallest absolute Gasteiger partial charge is 0.422 e. The molecule has 0 rings (SSSR count). The molecule has 5 nitrogen and oxygen atoms in total. The maximum absolute atomic E-state index is 11.2. The van der Waals surface area contributed by atoms with Crippen molar-refractivity contribution in [3.8, 4) is 0 Å². The zero-order valence-corrected chi connectivity index (χ0v) is 10.2. The molecule has 15 heavy (non-hydrogen) atoms. The summed E-state index contributed by atoms with van der Waals surface area (Å²) in [6, 6.07) is 0.150. The van der Waals surface area contributed by atoms with Gasteiger partial charge in [0.2, 0.25) is 0 Å². The molecule has 0 spiro atoms. The van der Waals surface area contributed by atoms with Crippen molar-refractivity contribution >= 4 is 6.09 Å². The lowest BCUT2D eigenvalue weighted by Crippen LogP contribution is -2.45. The molecule has 0 radical (unpaired) electrons. The van der Waals surface area contributed by atoms with E-state index in [1.807, 2.05) is 27.7 Å². The van der Waals surface area contributed by atoms with Crippen molar-refractivity contribution in [1.82, 2.24) is 10.9 Å². The first-order chi connectivity index (χ1) is 6.85. The molecule has 0 heterocycles. The normalized spacial score (nSPS) is 13.4. The van der Waals surface area contributed by atoms with Gasteiger partial charge in [0.05, 0.1) is 0 Å². The van der Waals surface area contributed by atoms with Gasteiger partial charge in [-0.2, -0.15) is 0 Å². The van der Waals surface area contributed by atoms with Crippen molar-refractivity contribution in [2.75, 3.05) is 13.7 Å². The fourth-order valence-corrected chi connectivity index (χ4v) is 0.853. The van der Waals surface area contributed by atoms with Crippen LogP contribution in [-0.4, -0.2) is 31.5 Å². The molecule has 1 amide bonds. The molecule has 5 heteroatoms. The monoisotopic (exact) mass is 218 g/mol. The number of carbonyl (C=O) groups is 1. The Hall–Kier alpha value is -0.810. The molecule has 90 valence electrons. The van der Waals surface area contributed by atoms with Crippen molar-refractivity contribution in [2.45, 2.75) is 45.8 Å². The maximum atomic E-state index is 11.2. The van der Waals surface area contributed by atoms with Gasteiger partial charge >= 0.3 is 6.09 Å². The lowest BCUT2D eigenvalue weighted by atomic mass is 10.2. The Labute approximate surface area is 91.5 Å². The topological polar surface area (TPSA) is 59.6 Å². The number of hydrazine groups is 1. The molecule has 0 aliphatic heterocycles. The number of rotatable bonds is 5. The minimum absolute atomic E-state index is 0.150. The summed E-state index contributed by atoms with van der Waals surface area (Å²) in [6.07, 6.45) is 0.360. The molecule has 0 aromatic carbocycles.